The standard InChI is InChI=1S/C10H20N2O2S/c1-9(6-11)7-15-8-10(13)12-2-4-14-5-3-12/h9H,2-8,11H2,1H3. The lowest BCUT2D eigenvalue weighted by molar-refractivity contribution is -0.132. The predicted octanol–water partition coefficient (Wildman–Crippen LogP) is 0.173. The largest absolute Gasteiger partial charge is 0.378 e. The zero-order chi connectivity index (χ0) is 11.1. The van der Waals surface area contributed by atoms with Gasteiger partial charge in [0.05, 0.1) is 19.0 Å². The van der Waals surface area contributed by atoms with Gasteiger partial charge in [0.25, 0.3) is 0 Å². The van der Waals surface area contributed by atoms with E-state index in [-0.39, 0.29) is 5.91 Å². The van der Waals surface area contributed by atoms with Gasteiger partial charge in [-0.05, 0) is 18.2 Å². The second-order valence-corrected chi connectivity index (χ2v) is 4.88. The van der Waals surface area contributed by atoms with Crippen molar-refractivity contribution < 1.29 is 9.53 Å². The molecular weight excluding hydrogens is 212 g/mol. The molecule has 0 aromatic rings. The lowest BCUT2D eigenvalue weighted by Crippen LogP contribution is -2.41. The number of nitrogens with zero attached hydrogens (tertiary/aromatic N) is 1. The fraction of sp³-hybridized carbons (Fsp3) is 0.900. The Kier molecular flexibility index (Phi) is 6.05. The summed E-state index contributed by atoms with van der Waals surface area (Å²) < 4.78 is 5.19. The molecule has 5 heteroatoms. The number of thioether (sulfide) groups is 1. The molecule has 0 bridgehead atoms. The number of morpholine rings is 1. The van der Waals surface area contributed by atoms with Crippen molar-refractivity contribution in [1.82, 2.24) is 4.90 Å². The summed E-state index contributed by atoms with van der Waals surface area (Å²) in [7, 11) is 0. The monoisotopic (exact) mass is 232 g/mol. The van der Waals surface area contributed by atoms with Crippen LogP contribution in [0.2, 0.25) is 0 Å². The minimum absolute atomic E-state index is 0.229. The van der Waals surface area contributed by atoms with Gasteiger partial charge in [-0.1, -0.05) is 6.92 Å². The Morgan fingerprint density at radius 2 is 2.20 bits per heavy atom. The first kappa shape index (κ1) is 12.8. The SMILES string of the molecule is CC(CN)CSCC(=O)N1CCOCC1. The fourth-order valence-corrected chi connectivity index (χ4v) is 2.33. The van der Waals surface area contributed by atoms with Crippen molar-refractivity contribution in [3.63, 3.8) is 0 Å². The van der Waals surface area contributed by atoms with Crippen LogP contribution in [-0.4, -0.2) is 55.2 Å². The van der Waals surface area contributed by atoms with Crippen LogP contribution in [0.1, 0.15) is 6.92 Å². The molecule has 1 atom stereocenters. The summed E-state index contributed by atoms with van der Waals surface area (Å²) in [6.07, 6.45) is 0. The van der Waals surface area contributed by atoms with Gasteiger partial charge in [0.2, 0.25) is 5.91 Å². The number of hydrogen-bond donors (Lipinski definition) is 1. The van der Waals surface area contributed by atoms with Gasteiger partial charge >= 0.3 is 0 Å². The first-order chi connectivity index (χ1) is 7.24. The summed E-state index contributed by atoms with van der Waals surface area (Å²) in [5, 5.41) is 0. The summed E-state index contributed by atoms with van der Waals surface area (Å²) in [6, 6.07) is 0. The number of ether oxygens (including phenoxy) is 1. The molecule has 0 radical (unpaired) electrons. The molecule has 1 saturated heterocycles. The zero-order valence-electron chi connectivity index (χ0n) is 9.28. The summed E-state index contributed by atoms with van der Waals surface area (Å²) in [4.78, 5) is 13.6. The third-order valence-electron chi connectivity index (χ3n) is 2.39. The maximum absolute atomic E-state index is 11.7. The molecule has 0 aromatic heterocycles. The molecule has 0 saturated carbocycles. The van der Waals surface area contributed by atoms with Gasteiger partial charge < -0.3 is 15.4 Å². The van der Waals surface area contributed by atoms with Crippen molar-refractivity contribution >= 4 is 17.7 Å². The second-order valence-electron chi connectivity index (χ2n) is 3.85. The highest BCUT2D eigenvalue weighted by molar-refractivity contribution is 7.99. The number of carbonyl (C=O) groups excluding carboxylic acids is 1. The van der Waals surface area contributed by atoms with Gasteiger partial charge in [0, 0.05) is 13.1 Å². The summed E-state index contributed by atoms with van der Waals surface area (Å²) in [6.45, 7) is 5.63. The maximum atomic E-state index is 11.7. The molecule has 1 aliphatic rings. The van der Waals surface area contributed by atoms with Crippen molar-refractivity contribution in [2.75, 3.05) is 44.4 Å². The fourth-order valence-electron chi connectivity index (χ4n) is 1.32. The third kappa shape index (κ3) is 4.86. The molecule has 2 N–H and O–H groups in total. The van der Waals surface area contributed by atoms with E-state index < -0.39 is 0 Å². The van der Waals surface area contributed by atoms with Gasteiger partial charge in [-0.25, -0.2) is 0 Å². The molecule has 0 aliphatic carbocycles. The summed E-state index contributed by atoms with van der Waals surface area (Å²) >= 11 is 1.68. The molecule has 0 aromatic carbocycles. The summed E-state index contributed by atoms with van der Waals surface area (Å²) in [5.74, 6) is 2.26. The van der Waals surface area contributed by atoms with Gasteiger partial charge in [0.15, 0.2) is 0 Å². The van der Waals surface area contributed by atoms with Crippen LogP contribution in [0.25, 0.3) is 0 Å². The van der Waals surface area contributed by atoms with E-state index in [9.17, 15) is 4.79 Å². The maximum Gasteiger partial charge on any atom is 0.232 e. The molecule has 15 heavy (non-hydrogen) atoms. The average molecular weight is 232 g/mol. The molecule has 1 heterocycles. The van der Waals surface area contributed by atoms with Crippen molar-refractivity contribution in [2.45, 2.75) is 6.92 Å². The first-order valence-corrected chi connectivity index (χ1v) is 6.53. The number of hydrogen-bond acceptors (Lipinski definition) is 4. The van der Waals surface area contributed by atoms with Crippen molar-refractivity contribution in [2.24, 2.45) is 11.7 Å². The van der Waals surface area contributed by atoms with Crippen LogP contribution >= 0.6 is 11.8 Å². The molecule has 1 aliphatic heterocycles. The zero-order valence-corrected chi connectivity index (χ0v) is 10.1. The Bertz CT molecular complexity index is 196. The van der Waals surface area contributed by atoms with Crippen molar-refractivity contribution in [3.8, 4) is 0 Å². The Morgan fingerprint density at radius 3 is 2.80 bits per heavy atom. The molecule has 4 nitrogen and oxygen atoms in total. The van der Waals surface area contributed by atoms with Crippen LogP contribution in [-0.2, 0) is 9.53 Å². The highest BCUT2D eigenvalue weighted by atomic mass is 32.2. The minimum atomic E-state index is 0.229. The van der Waals surface area contributed by atoms with E-state index in [1.807, 2.05) is 4.90 Å². The van der Waals surface area contributed by atoms with E-state index in [0.717, 1.165) is 18.8 Å². The predicted molar refractivity (Wildman–Crippen MR) is 62.9 cm³/mol. The quantitative estimate of drug-likeness (QED) is 0.734. The number of amides is 1. The lowest BCUT2D eigenvalue weighted by Gasteiger charge is -2.26. The highest BCUT2D eigenvalue weighted by Gasteiger charge is 2.16. The number of rotatable bonds is 5. The second kappa shape index (κ2) is 7.09. The third-order valence-corrected chi connectivity index (χ3v) is 3.65. The van der Waals surface area contributed by atoms with Gasteiger partial charge in [-0.2, -0.15) is 11.8 Å². The summed E-state index contributed by atoms with van der Waals surface area (Å²) in [5.41, 5.74) is 5.51. The van der Waals surface area contributed by atoms with Gasteiger partial charge in [0.1, 0.15) is 0 Å². The normalized spacial score (nSPS) is 18.9. The van der Waals surface area contributed by atoms with Crippen LogP contribution in [0.5, 0.6) is 0 Å². The molecule has 0 spiro atoms. The van der Waals surface area contributed by atoms with Crippen molar-refractivity contribution in [3.05, 3.63) is 0 Å². The topological polar surface area (TPSA) is 55.6 Å². The molecule has 1 unspecified atom stereocenters. The van der Waals surface area contributed by atoms with E-state index in [0.29, 0.717) is 31.4 Å². The van der Waals surface area contributed by atoms with Crippen LogP contribution < -0.4 is 5.73 Å². The molecule has 1 amide bonds. The number of nitrogens with two attached hydrogens (primary N) is 1. The first-order valence-electron chi connectivity index (χ1n) is 5.37. The Morgan fingerprint density at radius 1 is 1.53 bits per heavy atom. The van der Waals surface area contributed by atoms with E-state index in [2.05, 4.69) is 6.92 Å². The van der Waals surface area contributed by atoms with Crippen LogP contribution in [0, 0.1) is 5.92 Å². The van der Waals surface area contributed by atoms with E-state index in [1.165, 1.54) is 0 Å². The molecular formula is C10H20N2O2S. The van der Waals surface area contributed by atoms with Gasteiger partial charge in [-0.3, -0.25) is 4.79 Å². The molecule has 1 fully saturated rings. The van der Waals surface area contributed by atoms with Crippen LogP contribution in [0.15, 0.2) is 0 Å². The van der Waals surface area contributed by atoms with E-state index in [4.69, 9.17) is 10.5 Å². The number of carbonyl (C=O) groups is 1. The molecule has 88 valence electrons. The van der Waals surface area contributed by atoms with E-state index >= 15 is 0 Å². The Balaban J connectivity index is 2.12. The lowest BCUT2D eigenvalue weighted by atomic mass is 10.2. The minimum Gasteiger partial charge on any atom is -0.378 e. The van der Waals surface area contributed by atoms with Crippen LogP contribution in [0.3, 0.4) is 0 Å². The van der Waals surface area contributed by atoms with Gasteiger partial charge in [-0.15, -0.1) is 0 Å². The van der Waals surface area contributed by atoms with E-state index in [1.54, 1.807) is 11.8 Å². The Labute approximate surface area is 95.5 Å². The Hall–Kier alpha value is -0.260. The highest BCUT2D eigenvalue weighted by Crippen LogP contribution is 2.09. The molecule has 1 rings (SSSR count). The van der Waals surface area contributed by atoms with Crippen LogP contribution in [0.4, 0.5) is 0 Å². The van der Waals surface area contributed by atoms with Crippen molar-refractivity contribution in [1.29, 1.82) is 0 Å². The average Bonchev–Trinajstić information content (AvgIpc) is 2.29. The smallest absolute Gasteiger partial charge is 0.232 e.